The Kier molecular flexibility index (Phi) is 6.24. The molecule has 0 spiro atoms. The number of nitrogen functional groups attached to an aromatic ring is 2. The maximum atomic E-state index is 13.6. The molecule has 3 aromatic carbocycles. The molecular formula is C21H13F9N2O2. The molecule has 0 bridgehead atoms. The van der Waals surface area contributed by atoms with Crippen molar-refractivity contribution in [1.29, 1.82) is 0 Å². The Hall–Kier alpha value is -3.77. The average molecular weight is 496 g/mol. The van der Waals surface area contributed by atoms with Crippen molar-refractivity contribution in [2.45, 2.75) is 18.5 Å². The average Bonchev–Trinajstić information content (AvgIpc) is 2.66. The van der Waals surface area contributed by atoms with Gasteiger partial charge in [-0.2, -0.15) is 39.5 Å². The quantitative estimate of drug-likeness (QED) is 0.290. The van der Waals surface area contributed by atoms with Gasteiger partial charge in [0.1, 0.15) is 39.7 Å². The van der Waals surface area contributed by atoms with Gasteiger partial charge in [-0.05, 0) is 42.5 Å². The molecule has 13 heteroatoms. The number of benzene rings is 3. The zero-order chi connectivity index (χ0) is 25.5. The van der Waals surface area contributed by atoms with Gasteiger partial charge in [-0.3, -0.25) is 0 Å². The minimum Gasteiger partial charge on any atom is -0.457 e. The van der Waals surface area contributed by atoms with Crippen molar-refractivity contribution in [1.82, 2.24) is 0 Å². The summed E-state index contributed by atoms with van der Waals surface area (Å²) in [5.74, 6) is -3.62. The summed E-state index contributed by atoms with van der Waals surface area (Å²) in [6.07, 6.45) is -15.2. The maximum absolute atomic E-state index is 13.6. The third-order valence-corrected chi connectivity index (χ3v) is 4.39. The van der Waals surface area contributed by atoms with Gasteiger partial charge < -0.3 is 20.9 Å². The molecule has 0 unspecified atom stereocenters. The molecule has 0 heterocycles. The Labute approximate surface area is 185 Å². The van der Waals surface area contributed by atoms with Crippen LogP contribution in [0.3, 0.4) is 0 Å². The fourth-order valence-corrected chi connectivity index (χ4v) is 3.00. The second-order valence-electron chi connectivity index (χ2n) is 6.80. The van der Waals surface area contributed by atoms with E-state index in [2.05, 4.69) is 0 Å². The summed E-state index contributed by atoms with van der Waals surface area (Å²) in [6.45, 7) is 0. The molecule has 0 aliphatic heterocycles. The SMILES string of the molecule is Nc1cccc(Oc2ccc(Oc3cccc(N)c3C(F)(F)F)c(C(F)(F)F)c2)c1C(F)(F)F. The second-order valence-corrected chi connectivity index (χ2v) is 6.80. The van der Waals surface area contributed by atoms with E-state index in [0.29, 0.717) is 6.07 Å². The minimum absolute atomic E-state index is 0.290. The van der Waals surface area contributed by atoms with E-state index in [1.807, 2.05) is 0 Å². The first kappa shape index (κ1) is 24.9. The molecular weight excluding hydrogens is 483 g/mol. The largest absolute Gasteiger partial charge is 0.457 e. The first-order valence-electron chi connectivity index (χ1n) is 9.07. The van der Waals surface area contributed by atoms with E-state index < -0.39 is 69.6 Å². The standard InChI is InChI=1S/C21H13F9N2O2/c22-19(23,24)11-9-10(33-15-5-1-3-12(31)17(15)20(25,26)27)7-8-14(11)34-16-6-2-4-13(32)18(16)21(28,29)30/h1-9H,31-32H2. The fourth-order valence-electron chi connectivity index (χ4n) is 3.00. The third kappa shape index (κ3) is 5.24. The number of ether oxygens (including phenoxy) is 2. The monoisotopic (exact) mass is 496 g/mol. The predicted molar refractivity (Wildman–Crippen MR) is 103 cm³/mol. The first-order valence-corrected chi connectivity index (χ1v) is 9.07. The molecule has 0 aliphatic carbocycles. The van der Waals surface area contributed by atoms with Gasteiger partial charge in [0.2, 0.25) is 0 Å². The second kappa shape index (κ2) is 8.54. The van der Waals surface area contributed by atoms with Gasteiger partial charge in [0.25, 0.3) is 0 Å². The fraction of sp³-hybridized carbons (Fsp3) is 0.143. The van der Waals surface area contributed by atoms with E-state index in [9.17, 15) is 39.5 Å². The lowest BCUT2D eigenvalue weighted by Crippen LogP contribution is -2.12. The van der Waals surface area contributed by atoms with Crippen LogP contribution in [0, 0.1) is 0 Å². The molecule has 182 valence electrons. The number of alkyl halides is 9. The summed E-state index contributed by atoms with van der Waals surface area (Å²) in [4.78, 5) is 0. The number of nitrogens with two attached hydrogens (primary N) is 2. The third-order valence-electron chi connectivity index (χ3n) is 4.39. The Morgan fingerprint density at radius 2 is 1.00 bits per heavy atom. The van der Waals surface area contributed by atoms with Crippen LogP contribution >= 0.6 is 0 Å². The van der Waals surface area contributed by atoms with Gasteiger partial charge in [-0.1, -0.05) is 12.1 Å². The summed E-state index contributed by atoms with van der Waals surface area (Å²) < 4.78 is 131. The van der Waals surface area contributed by atoms with Gasteiger partial charge in [0.05, 0.1) is 0 Å². The predicted octanol–water partition coefficient (Wildman–Crippen LogP) is 7.49. The van der Waals surface area contributed by atoms with Gasteiger partial charge in [-0.25, -0.2) is 0 Å². The van der Waals surface area contributed by atoms with E-state index in [1.165, 1.54) is 0 Å². The zero-order valence-electron chi connectivity index (χ0n) is 16.6. The van der Waals surface area contributed by atoms with Crippen molar-refractivity contribution in [2.75, 3.05) is 11.5 Å². The Balaban J connectivity index is 2.06. The van der Waals surface area contributed by atoms with Gasteiger partial charge in [0, 0.05) is 11.4 Å². The van der Waals surface area contributed by atoms with Crippen molar-refractivity contribution in [3.8, 4) is 23.0 Å². The maximum Gasteiger partial charge on any atom is 0.421 e. The lowest BCUT2D eigenvalue weighted by molar-refractivity contribution is -0.140. The zero-order valence-corrected chi connectivity index (χ0v) is 16.6. The van der Waals surface area contributed by atoms with E-state index in [4.69, 9.17) is 20.9 Å². The molecule has 0 saturated heterocycles. The highest BCUT2D eigenvalue weighted by molar-refractivity contribution is 5.59. The van der Waals surface area contributed by atoms with Gasteiger partial charge in [-0.15, -0.1) is 0 Å². The van der Waals surface area contributed by atoms with Gasteiger partial charge in [0.15, 0.2) is 0 Å². The highest BCUT2D eigenvalue weighted by atomic mass is 19.4. The summed E-state index contributed by atoms with van der Waals surface area (Å²) in [5.41, 5.74) is 4.65. The van der Waals surface area contributed by atoms with Crippen LogP contribution in [-0.2, 0) is 18.5 Å². The molecule has 0 aromatic heterocycles. The van der Waals surface area contributed by atoms with E-state index in [1.54, 1.807) is 0 Å². The Morgan fingerprint density at radius 1 is 0.529 bits per heavy atom. The molecule has 0 fully saturated rings. The smallest absolute Gasteiger partial charge is 0.421 e. The number of halogens is 9. The molecule has 3 aromatic rings. The molecule has 4 N–H and O–H groups in total. The normalized spacial score (nSPS) is 12.5. The summed E-state index contributed by atoms with van der Waals surface area (Å²) >= 11 is 0. The van der Waals surface area contributed by atoms with Crippen molar-refractivity contribution >= 4 is 11.4 Å². The van der Waals surface area contributed by atoms with E-state index in [0.717, 1.165) is 42.5 Å². The summed E-state index contributed by atoms with van der Waals surface area (Å²) in [7, 11) is 0. The summed E-state index contributed by atoms with van der Waals surface area (Å²) in [6, 6.07) is 7.28. The van der Waals surface area contributed by atoms with Gasteiger partial charge >= 0.3 is 18.5 Å². The minimum atomic E-state index is -5.17. The van der Waals surface area contributed by atoms with Crippen LogP contribution in [0.15, 0.2) is 54.6 Å². The highest BCUT2D eigenvalue weighted by Crippen LogP contribution is 2.46. The number of hydrogen-bond donors (Lipinski definition) is 2. The van der Waals surface area contributed by atoms with Crippen molar-refractivity contribution in [2.24, 2.45) is 0 Å². The molecule has 34 heavy (non-hydrogen) atoms. The van der Waals surface area contributed by atoms with E-state index in [-0.39, 0.29) is 6.07 Å². The molecule has 0 aliphatic rings. The highest BCUT2D eigenvalue weighted by Gasteiger charge is 2.40. The van der Waals surface area contributed by atoms with Crippen LogP contribution in [0.2, 0.25) is 0 Å². The number of hydrogen-bond acceptors (Lipinski definition) is 4. The van der Waals surface area contributed by atoms with Crippen molar-refractivity contribution < 1.29 is 49.0 Å². The molecule has 4 nitrogen and oxygen atoms in total. The lowest BCUT2D eigenvalue weighted by atomic mass is 10.1. The molecule has 0 saturated carbocycles. The first-order chi connectivity index (χ1) is 15.6. The molecule has 0 atom stereocenters. The number of anilines is 2. The van der Waals surface area contributed by atoms with Crippen LogP contribution in [0.1, 0.15) is 16.7 Å². The van der Waals surface area contributed by atoms with Crippen LogP contribution in [-0.4, -0.2) is 0 Å². The van der Waals surface area contributed by atoms with E-state index >= 15 is 0 Å². The topological polar surface area (TPSA) is 70.5 Å². The molecule has 0 amide bonds. The van der Waals surface area contributed by atoms with Crippen molar-refractivity contribution in [3.05, 3.63) is 71.3 Å². The molecule has 0 radical (unpaired) electrons. The lowest BCUT2D eigenvalue weighted by Gasteiger charge is -2.20. The Bertz CT molecular complexity index is 1200. The van der Waals surface area contributed by atoms with Crippen LogP contribution in [0.25, 0.3) is 0 Å². The van der Waals surface area contributed by atoms with Crippen LogP contribution < -0.4 is 20.9 Å². The van der Waals surface area contributed by atoms with Crippen molar-refractivity contribution in [3.63, 3.8) is 0 Å². The van der Waals surface area contributed by atoms with Crippen LogP contribution in [0.5, 0.6) is 23.0 Å². The molecule has 3 rings (SSSR count). The summed E-state index contributed by atoms with van der Waals surface area (Å²) in [5, 5.41) is 0. The number of rotatable bonds is 4. The van der Waals surface area contributed by atoms with Crippen LogP contribution in [0.4, 0.5) is 50.9 Å². The Morgan fingerprint density at radius 3 is 1.44 bits per heavy atom.